The van der Waals surface area contributed by atoms with E-state index < -0.39 is 24.0 Å². The second-order valence-corrected chi connectivity index (χ2v) is 7.68. The first-order chi connectivity index (χ1) is 13.4. The van der Waals surface area contributed by atoms with Crippen molar-refractivity contribution in [2.75, 3.05) is 5.32 Å². The quantitative estimate of drug-likeness (QED) is 0.594. The summed E-state index contributed by atoms with van der Waals surface area (Å²) in [5.41, 5.74) is 1.04. The molecule has 28 heavy (non-hydrogen) atoms. The van der Waals surface area contributed by atoms with Crippen LogP contribution in [0, 0.1) is 12.7 Å². The Balaban J connectivity index is 1.72. The summed E-state index contributed by atoms with van der Waals surface area (Å²) in [7, 11) is 0. The maximum Gasteiger partial charge on any atom is 0.346 e. The van der Waals surface area contributed by atoms with Gasteiger partial charge in [-0.25, -0.2) is 19.2 Å². The minimum atomic E-state index is -1.02. The van der Waals surface area contributed by atoms with Crippen molar-refractivity contribution in [1.29, 1.82) is 0 Å². The molecule has 1 aromatic carbocycles. The van der Waals surface area contributed by atoms with Gasteiger partial charge in [-0.2, -0.15) is 0 Å². The van der Waals surface area contributed by atoms with Gasteiger partial charge in [-0.3, -0.25) is 0 Å². The van der Waals surface area contributed by atoms with Gasteiger partial charge in [-0.1, -0.05) is 0 Å². The molecule has 0 spiro atoms. The van der Waals surface area contributed by atoms with Gasteiger partial charge in [0.05, 0.1) is 17.2 Å². The molecule has 0 radical (unpaired) electrons. The third-order valence-corrected chi connectivity index (χ3v) is 6.00. The molecule has 0 saturated heterocycles. The van der Waals surface area contributed by atoms with E-state index in [2.05, 4.69) is 15.3 Å². The van der Waals surface area contributed by atoms with Gasteiger partial charge in [0.15, 0.2) is 0 Å². The van der Waals surface area contributed by atoms with Crippen molar-refractivity contribution in [3.63, 3.8) is 0 Å². The summed E-state index contributed by atoms with van der Waals surface area (Å²) >= 11 is 1.07. The van der Waals surface area contributed by atoms with E-state index in [1.807, 2.05) is 0 Å². The third kappa shape index (κ3) is 3.38. The Morgan fingerprint density at radius 1 is 1.36 bits per heavy atom. The molecule has 1 fully saturated rings. The van der Waals surface area contributed by atoms with Gasteiger partial charge in [0.2, 0.25) is 0 Å². The van der Waals surface area contributed by atoms with E-state index in [0.29, 0.717) is 40.1 Å². The molecule has 0 unspecified atom stereocenters. The summed E-state index contributed by atoms with van der Waals surface area (Å²) in [5, 5.41) is 23.1. The molecule has 0 bridgehead atoms. The summed E-state index contributed by atoms with van der Waals surface area (Å²) in [6.45, 7) is 1.70. The van der Waals surface area contributed by atoms with Gasteiger partial charge in [-0.15, -0.1) is 11.3 Å². The van der Waals surface area contributed by atoms with E-state index in [-0.39, 0.29) is 10.6 Å². The molecule has 2 heterocycles. The number of aromatic nitrogens is 2. The summed E-state index contributed by atoms with van der Waals surface area (Å²) in [6, 6.07) is 4.08. The number of halogens is 1. The predicted octanol–water partition coefficient (Wildman–Crippen LogP) is 3.87. The molecule has 0 aliphatic heterocycles. The molecular weight excluding hydrogens is 385 g/mol. The highest BCUT2D eigenvalue weighted by Gasteiger charge is 2.28. The molecule has 2 aromatic heterocycles. The number of hydrogen-bond acceptors (Lipinski definition) is 7. The maximum atomic E-state index is 13.8. The van der Waals surface area contributed by atoms with E-state index in [1.54, 1.807) is 6.92 Å². The number of anilines is 2. The van der Waals surface area contributed by atoms with Crippen LogP contribution in [0.5, 0.6) is 5.75 Å². The zero-order valence-electron chi connectivity index (χ0n) is 15.0. The van der Waals surface area contributed by atoms with Crippen LogP contribution >= 0.6 is 11.3 Å². The standard InChI is InChI=1S/C19H18FN3O4S/c1-9-15-17(21-8-22-18(15)28-16(9)19(25)26)23-11-6-5-10(20)7-14(11)27-13-4-2-3-12(13)24/h5-8,12-13,24H,2-4H2,1H3,(H,25,26)(H,21,22,23)/t12-,13+/m0/s1. The number of ether oxygens (including phenoxy) is 1. The smallest absolute Gasteiger partial charge is 0.346 e. The Kier molecular flexibility index (Phi) is 4.86. The number of aliphatic hydroxyl groups excluding tert-OH is 1. The predicted molar refractivity (Wildman–Crippen MR) is 103 cm³/mol. The Hall–Kier alpha value is -2.78. The largest absolute Gasteiger partial charge is 0.485 e. The number of hydrogen-bond donors (Lipinski definition) is 3. The van der Waals surface area contributed by atoms with Crippen LogP contribution in [0.3, 0.4) is 0 Å². The van der Waals surface area contributed by atoms with Crippen LogP contribution in [-0.4, -0.2) is 38.4 Å². The Bertz CT molecular complexity index is 1060. The van der Waals surface area contributed by atoms with Crippen LogP contribution in [0.2, 0.25) is 0 Å². The van der Waals surface area contributed by atoms with Gasteiger partial charge < -0.3 is 20.3 Å². The average molecular weight is 403 g/mol. The lowest BCUT2D eigenvalue weighted by molar-refractivity contribution is 0.0607. The van der Waals surface area contributed by atoms with Crippen molar-refractivity contribution < 1.29 is 24.1 Å². The fourth-order valence-electron chi connectivity index (χ4n) is 3.40. The van der Waals surface area contributed by atoms with Crippen molar-refractivity contribution in [3.05, 3.63) is 40.8 Å². The molecule has 146 valence electrons. The van der Waals surface area contributed by atoms with Crippen molar-refractivity contribution in [2.24, 2.45) is 0 Å². The Morgan fingerprint density at radius 3 is 2.89 bits per heavy atom. The van der Waals surface area contributed by atoms with Crippen molar-refractivity contribution in [1.82, 2.24) is 9.97 Å². The number of carboxylic acids is 1. The Morgan fingerprint density at radius 2 is 2.18 bits per heavy atom. The first-order valence-electron chi connectivity index (χ1n) is 8.82. The number of carboxylic acid groups (broad SMARTS) is 1. The summed E-state index contributed by atoms with van der Waals surface area (Å²) in [5.74, 6) is -0.799. The lowest BCUT2D eigenvalue weighted by Gasteiger charge is -2.20. The lowest BCUT2D eigenvalue weighted by Crippen LogP contribution is -2.26. The molecule has 0 amide bonds. The monoisotopic (exact) mass is 403 g/mol. The molecule has 4 rings (SSSR count). The molecule has 9 heteroatoms. The number of thiophene rings is 1. The SMILES string of the molecule is Cc1c(C(=O)O)sc2ncnc(Nc3ccc(F)cc3O[C@@H]3CCC[C@@H]3O)c12. The van der Waals surface area contributed by atoms with Crippen LogP contribution in [-0.2, 0) is 0 Å². The number of nitrogens with zero attached hydrogens (tertiary/aromatic N) is 2. The molecule has 1 aliphatic carbocycles. The third-order valence-electron chi connectivity index (χ3n) is 4.81. The van der Waals surface area contributed by atoms with Crippen LogP contribution in [0.1, 0.15) is 34.5 Å². The minimum Gasteiger partial charge on any atom is -0.485 e. The average Bonchev–Trinajstić information content (AvgIpc) is 3.21. The van der Waals surface area contributed by atoms with E-state index >= 15 is 0 Å². The number of aliphatic hydroxyl groups is 1. The number of rotatable bonds is 5. The second-order valence-electron chi connectivity index (χ2n) is 6.68. The van der Waals surface area contributed by atoms with Gasteiger partial charge in [0, 0.05) is 6.07 Å². The van der Waals surface area contributed by atoms with Crippen LogP contribution < -0.4 is 10.1 Å². The molecule has 2 atom stereocenters. The van der Waals surface area contributed by atoms with E-state index in [0.717, 1.165) is 17.8 Å². The summed E-state index contributed by atoms with van der Waals surface area (Å²) < 4.78 is 19.7. The maximum absolute atomic E-state index is 13.8. The normalized spacial score (nSPS) is 19.1. The molecule has 1 aliphatic rings. The van der Waals surface area contributed by atoms with Gasteiger partial charge >= 0.3 is 5.97 Å². The highest BCUT2D eigenvalue weighted by atomic mass is 32.1. The van der Waals surface area contributed by atoms with E-state index in [4.69, 9.17) is 4.74 Å². The number of fused-ring (bicyclic) bond motifs is 1. The first-order valence-corrected chi connectivity index (χ1v) is 9.64. The van der Waals surface area contributed by atoms with Crippen molar-refractivity contribution in [3.8, 4) is 5.75 Å². The van der Waals surface area contributed by atoms with Gasteiger partial charge in [0.25, 0.3) is 0 Å². The minimum absolute atomic E-state index is 0.197. The molecule has 3 N–H and O–H groups in total. The number of carbonyl (C=O) groups is 1. The molecule has 7 nitrogen and oxygen atoms in total. The Labute approximate surface area is 163 Å². The second kappa shape index (κ2) is 7.33. The van der Waals surface area contributed by atoms with Gasteiger partial charge in [0.1, 0.15) is 39.5 Å². The van der Waals surface area contributed by atoms with Gasteiger partial charge in [-0.05, 0) is 43.9 Å². The zero-order chi connectivity index (χ0) is 19.8. The number of nitrogens with one attached hydrogen (secondary N) is 1. The van der Waals surface area contributed by atoms with E-state index in [9.17, 15) is 19.4 Å². The fraction of sp³-hybridized carbons (Fsp3) is 0.316. The van der Waals surface area contributed by atoms with Crippen LogP contribution in [0.15, 0.2) is 24.5 Å². The fourth-order valence-corrected chi connectivity index (χ4v) is 4.39. The van der Waals surface area contributed by atoms with E-state index in [1.165, 1.54) is 24.5 Å². The number of aromatic carboxylic acids is 1. The molecule has 1 saturated carbocycles. The summed E-state index contributed by atoms with van der Waals surface area (Å²) in [6.07, 6.45) is 2.56. The first kappa shape index (κ1) is 18.6. The lowest BCUT2D eigenvalue weighted by atomic mass is 10.2. The number of aryl methyl sites for hydroxylation is 1. The highest BCUT2D eigenvalue weighted by molar-refractivity contribution is 7.20. The zero-order valence-corrected chi connectivity index (χ0v) is 15.8. The van der Waals surface area contributed by atoms with Crippen LogP contribution in [0.25, 0.3) is 10.2 Å². The van der Waals surface area contributed by atoms with Crippen molar-refractivity contribution >= 4 is 39.0 Å². The number of benzene rings is 1. The van der Waals surface area contributed by atoms with Crippen LogP contribution in [0.4, 0.5) is 15.9 Å². The highest BCUT2D eigenvalue weighted by Crippen LogP contribution is 2.37. The molecule has 3 aromatic rings. The molecular formula is C19H18FN3O4S. The van der Waals surface area contributed by atoms with Crippen molar-refractivity contribution in [2.45, 2.75) is 38.4 Å². The topological polar surface area (TPSA) is 105 Å². The summed E-state index contributed by atoms with van der Waals surface area (Å²) in [4.78, 5) is 20.6.